The molecule has 116 valence electrons. The van der Waals surface area contributed by atoms with Crippen molar-refractivity contribution in [2.45, 2.75) is 30.7 Å². The minimum Gasteiger partial charge on any atom is -0.351 e. The molecular formula is C18H20FNOS. The summed E-state index contributed by atoms with van der Waals surface area (Å²) in [7, 11) is 0. The van der Waals surface area contributed by atoms with Crippen LogP contribution in [0.3, 0.4) is 0 Å². The van der Waals surface area contributed by atoms with Crippen LogP contribution in [0.15, 0.2) is 53.4 Å². The van der Waals surface area contributed by atoms with Crippen LogP contribution >= 0.6 is 11.8 Å². The molecule has 0 saturated heterocycles. The smallest absolute Gasteiger partial charge is 0.230 e. The molecule has 0 aliphatic rings. The second-order valence-corrected chi connectivity index (χ2v) is 6.52. The number of rotatable bonds is 5. The molecule has 0 fully saturated rings. The fourth-order valence-corrected chi connectivity index (χ4v) is 2.65. The molecule has 0 atom stereocenters. The Bertz CT molecular complexity index is 652. The van der Waals surface area contributed by atoms with Crippen LogP contribution in [0.5, 0.6) is 0 Å². The van der Waals surface area contributed by atoms with Crippen molar-refractivity contribution in [3.05, 3.63) is 65.5 Å². The molecule has 0 aliphatic heterocycles. The Morgan fingerprint density at radius 2 is 1.77 bits per heavy atom. The molecule has 22 heavy (non-hydrogen) atoms. The fraction of sp³-hybridized carbons (Fsp3) is 0.278. The highest BCUT2D eigenvalue weighted by molar-refractivity contribution is 7.98. The largest absolute Gasteiger partial charge is 0.351 e. The lowest BCUT2D eigenvalue weighted by Crippen LogP contribution is -2.40. The molecule has 2 aromatic rings. The van der Waals surface area contributed by atoms with E-state index in [0.717, 1.165) is 5.56 Å². The lowest BCUT2D eigenvalue weighted by molar-refractivity contribution is -0.125. The molecule has 1 N–H and O–H groups in total. The minimum absolute atomic E-state index is 0.188. The van der Waals surface area contributed by atoms with Gasteiger partial charge in [0.25, 0.3) is 0 Å². The Kier molecular flexibility index (Phi) is 5.24. The molecule has 2 aromatic carbocycles. The molecule has 0 bridgehead atoms. The Morgan fingerprint density at radius 3 is 2.36 bits per heavy atom. The third-order valence-electron chi connectivity index (χ3n) is 3.73. The second-order valence-electron chi connectivity index (χ2n) is 5.64. The van der Waals surface area contributed by atoms with Crippen molar-refractivity contribution in [3.8, 4) is 0 Å². The van der Waals surface area contributed by atoms with Crippen LogP contribution in [0.25, 0.3) is 0 Å². The molecule has 0 heterocycles. The molecule has 2 nitrogen and oxygen atoms in total. The van der Waals surface area contributed by atoms with E-state index in [4.69, 9.17) is 0 Å². The number of thioether (sulfide) groups is 1. The minimum atomic E-state index is -0.912. The third-order valence-corrected chi connectivity index (χ3v) is 4.47. The van der Waals surface area contributed by atoms with E-state index >= 15 is 0 Å². The molecule has 0 spiro atoms. The van der Waals surface area contributed by atoms with Crippen LogP contribution in [0.4, 0.5) is 4.39 Å². The molecular weight excluding hydrogens is 297 g/mol. The van der Waals surface area contributed by atoms with E-state index in [0.29, 0.717) is 12.1 Å². The molecule has 2 rings (SSSR count). The van der Waals surface area contributed by atoms with Crippen molar-refractivity contribution in [3.63, 3.8) is 0 Å². The van der Waals surface area contributed by atoms with Crippen LogP contribution in [0.1, 0.15) is 25.0 Å². The van der Waals surface area contributed by atoms with E-state index in [2.05, 4.69) is 5.32 Å². The van der Waals surface area contributed by atoms with Crippen LogP contribution in [-0.4, -0.2) is 12.2 Å². The number of hydrogen-bond donors (Lipinski definition) is 1. The maximum absolute atomic E-state index is 13.9. The summed E-state index contributed by atoms with van der Waals surface area (Å²) >= 11 is 1.68. The molecule has 4 heteroatoms. The van der Waals surface area contributed by atoms with E-state index in [1.165, 1.54) is 11.0 Å². The van der Waals surface area contributed by atoms with Gasteiger partial charge in [0.2, 0.25) is 5.91 Å². The lowest BCUT2D eigenvalue weighted by atomic mass is 9.83. The SMILES string of the molecule is CSc1ccc(CNC(=O)C(C)(C)c2ccccc2F)cc1. The normalized spacial score (nSPS) is 11.3. The van der Waals surface area contributed by atoms with Crippen LogP contribution < -0.4 is 5.32 Å². The molecule has 0 radical (unpaired) electrons. The van der Waals surface area contributed by atoms with Crippen molar-refractivity contribution in [2.75, 3.05) is 6.26 Å². The van der Waals surface area contributed by atoms with Gasteiger partial charge in [0.15, 0.2) is 0 Å². The van der Waals surface area contributed by atoms with Crippen molar-refractivity contribution in [2.24, 2.45) is 0 Å². The monoisotopic (exact) mass is 317 g/mol. The van der Waals surface area contributed by atoms with Crippen molar-refractivity contribution < 1.29 is 9.18 Å². The van der Waals surface area contributed by atoms with Gasteiger partial charge in [-0.25, -0.2) is 4.39 Å². The van der Waals surface area contributed by atoms with Crippen LogP contribution in [0, 0.1) is 5.82 Å². The van der Waals surface area contributed by atoms with Gasteiger partial charge in [-0.2, -0.15) is 0 Å². The van der Waals surface area contributed by atoms with Gasteiger partial charge in [-0.1, -0.05) is 30.3 Å². The average molecular weight is 317 g/mol. The number of nitrogens with one attached hydrogen (secondary N) is 1. The number of halogens is 1. The van der Waals surface area contributed by atoms with Crippen molar-refractivity contribution in [1.29, 1.82) is 0 Å². The first-order valence-corrected chi connectivity index (χ1v) is 8.34. The van der Waals surface area contributed by atoms with Gasteiger partial charge in [-0.15, -0.1) is 11.8 Å². The summed E-state index contributed by atoms with van der Waals surface area (Å²) in [4.78, 5) is 13.6. The highest BCUT2D eigenvalue weighted by Gasteiger charge is 2.31. The van der Waals surface area contributed by atoms with E-state index in [-0.39, 0.29) is 11.7 Å². The molecule has 0 unspecified atom stereocenters. The Morgan fingerprint density at radius 1 is 1.14 bits per heavy atom. The van der Waals surface area contributed by atoms with E-state index in [9.17, 15) is 9.18 Å². The Hall–Kier alpha value is -1.81. The summed E-state index contributed by atoms with van der Waals surface area (Å²) < 4.78 is 13.9. The highest BCUT2D eigenvalue weighted by atomic mass is 32.2. The van der Waals surface area contributed by atoms with Gasteiger partial charge < -0.3 is 5.32 Å². The number of carbonyl (C=O) groups excluding carboxylic acids is 1. The summed E-state index contributed by atoms with van der Waals surface area (Å²) in [5.74, 6) is -0.543. The zero-order chi connectivity index (χ0) is 16.2. The molecule has 1 amide bonds. The topological polar surface area (TPSA) is 29.1 Å². The predicted octanol–water partition coefficient (Wildman–Crippen LogP) is 4.14. The first kappa shape index (κ1) is 16.6. The third kappa shape index (κ3) is 3.69. The molecule has 0 aromatic heterocycles. The van der Waals surface area contributed by atoms with Crippen LogP contribution in [-0.2, 0) is 16.8 Å². The van der Waals surface area contributed by atoms with E-state index in [1.807, 2.05) is 30.5 Å². The first-order valence-electron chi connectivity index (χ1n) is 7.11. The van der Waals surface area contributed by atoms with E-state index in [1.54, 1.807) is 43.8 Å². The summed E-state index contributed by atoms with van der Waals surface area (Å²) in [5, 5.41) is 2.89. The number of benzene rings is 2. The quantitative estimate of drug-likeness (QED) is 0.840. The van der Waals surface area contributed by atoms with Gasteiger partial charge in [-0.05, 0) is 43.9 Å². The Labute approximate surface area is 135 Å². The van der Waals surface area contributed by atoms with Gasteiger partial charge in [-0.3, -0.25) is 4.79 Å². The standard InChI is InChI=1S/C18H20FNOS/c1-18(2,15-6-4-5-7-16(15)19)17(21)20-12-13-8-10-14(22-3)11-9-13/h4-11H,12H2,1-3H3,(H,20,21). The number of hydrogen-bond acceptors (Lipinski definition) is 2. The summed E-state index contributed by atoms with van der Waals surface area (Å²) in [6, 6.07) is 14.4. The lowest BCUT2D eigenvalue weighted by Gasteiger charge is -2.24. The summed E-state index contributed by atoms with van der Waals surface area (Å²) in [6.45, 7) is 3.90. The summed E-state index contributed by atoms with van der Waals surface area (Å²) in [6.07, 6.45) is 2.02. The number of carbonyl (C=O) groups is 1. The van der Waals surface area contributed by atoms with E-state index < -0.39 is 5.41 Å². The Balaban J connectivity index is 2.06. The first-order chi connectivity index (χ1) is 10.4. The maximum Gasteiger partial charge on any atom is 0.230 e. The van der Waals surface area contributed by atoms with Crippen molar-refractivity contribution >= 4 is 17.7 Å². The highest BCUT2D eigenvalue weighted by Crippen LogP contribution is 2.26. The predicted molar refractivity (Wildman–Crippen MR) is 89.5 cm³/mol. The fourth-order valence-electron chi connectivity index (χ4n) is 2.24. The van der Waals surface area contributed by atoms with Gasteiger partial charge in [0.1, 0.15) is 5.82 Å². The zero-order valence-corrected chi connectivity index (χ0v) is 13.8. The van der Waals surface area contributed by atoms with Gasteiger partial charge in [0.05, 0.1) is 5.41 Å². The second kappa shape index (κ2) is 6.97. The van der Waals surface area contributed by atoms with Crippen LogP contribution in [0.2, 0.25) is 0 Å². The molecule has 0 aliphatic carbocycles. The van der Waals surface area contributed by atoms with Gasteiger partial charge >= 0.3 is 0 Å². The van der Waals surface area contributed by atoms with Crippen molar-refractivity contribution in [1.82, 2.24) is 5.32 Å². The number of amides is 1. The average Bonchev–Trinajstić information content (AvgIpc) is 2.53. The van der Waals surface area contributed by atoms with Gasteiger partial charge in [0, 0.05) is 17.0 Å². The maximum atomic E-state index is 13.9. The zero-order valence-electron chi connectivity index (χ0n) is 13.0. The molecule has 0 saturated carbocycles. The summed E-state index contributed by atoms with van der Waals surface area (Å²) in [5.41, 5.74) is 0.519.